The maximum atomic E-state index is 12.0. The minimum atomic E-state index is -0.201. The second-order valence-electron chi connectivity index (χ2n) is 5.77. The Morgan fingerprint density at radius 2 is 2.14 bits per heavy atom. The number of nitrogens with zero attached hydrogens (tertiary/aromatic N) is 1. The van der Waals surface area contributed by atoms with E-state index in [1.807, 2.05) is 13.0 Å². The molecule has 0 atom stereocenters. The number of aromatic amines is 2. The van der Waals surface area contributed by atoms with Crippen molar-refractivity contribution < 1.29 is 4.79 Å². The quantitative estimate of drug-likeness (QED) is 0.594. The van der Waals surface area contributed by atoms with Crippen LogP contribution in [0.5, 0.6) is 0 Å². The van der Waals surface area contributed by atoms with Gasteiger partial charge in [0.05, 0.1) is 11.3 Å². The molecule has 1 saturated carbocycles. The van der Waals surface area contributed by atoms with Crippen LogP contribution in [-0.4, -0.2) is 32.7 Å². The predicted octanol–water partition coefficient (Wildman–Crippen LogP) is 2.10. The number of nitrogens with one attached hydrogen (secondary N) is 3. The molecule has 1 amide bonds. The number of H-pyrrole nitrogens is 2. The number of aryl methyl sites for hydroxylation is 1. The van der Waals surface area contributed by atoms with Gasteiger partial charge in [-0.1, -0.05) is 31.0 Å². The minimum Gasteiger partial charge on any atom is -0.353 e. The summed E-state index contributed by atoms with van der Waals surface area (Å²) >= 11 is 1.26. The van der Waals surface area contributed by atoms with Crippen LogP contribution in [0.3, 0.4) is 0 Å². The van der Waals surface area contributed by atoms with Crippen LogP contribution in [0.1, 0.15) is 37.8 Å². The highest BCUT2D eigenvalue weighted by Crippen LogP contribution is 2.18. The molecule has 3 rings (SSSR count). The Kier molecular flexibility index (Phi) is 4.52. The Morgan fingerprint density at radius 1 is 1.36 bits per heavy atom. The third-order valence-corrected chi connectivity index (χ3v) is 4.78. The monoisotopic (exact) mass is 320 g/mol. The normalized spacial score (nSPS) is 16.0. The molecule has 0 saturated heterocycles. The van der Waals surface area contributed by atoms with Crippen molar-refractivity contribution in [1.82, 2.24) is 20.3 Å². The van der Waals surface area contributed by atoms with Crippen molar-refractivity contribution >= 4 is 28.7 Å². The van der Waals surface area contributed by atoms with Crippen LogP contribution in [0.4, 0.5) is 0 Å². The molecule has 0 bridgehead atoms. The van der Waals surface area contributed by atoms with Gasteiger partial charge >= 0.3 is 0 Å². The molecule has 0 aliphatic heterocycles. The highest BCUT2D eigenvalue weighted by molar-refractivity contribution is 7.99. The Balaban J connectivity index is 1.61. The summed E-state index contributed by atoms with van der Waals surface area (Å²) in [6.45, 7) is 1.88. The first-order chi connectivity index (χ1) is 10.6. The maximum Gasteiger partial charge on any atom is 0.275 e. The molecule has 7 heteroatoms. The third kappa shape index (κ3) is 3.52. The van der Waals surface area contributed by atoms with Crippen molar-refractivity contribution in [1.29, 1.82) is 0 Å². The molecule has 118 valence electrons. The van der Waals surface area contributed by atoms with Crippen molar-refractivity contribution in [2.24, 2.45) is 0 Å². The lowest BCUT2D eigenvalue weighted by Crippen LogP contribution is -2.37. The third-order valence-electron chi connectivity index (χ3n) is 3.91. The van der Waals surface area contributed by atoms with E-state index in [2.05, 4.69) is 20.3 Å². The summed E-state index contributed by atoms with van der Waals surface area (Å²) in [4.78, 5) is 34.0. The van der Waals surface area contributed by atoms with Gasteiger partial charge in [0.15, 0.2) is 5.16 Å². The van der Waals surface area contributed by atoms with Gasteiger partial charge in [-0.25, -0.2) is 4.98 Å². The van der Waals surface area contributed by atoms with Gasteiger partial charge in [-0.3, -0.25) is 14.6 Å². The van der Waals surface area contributed by atoms with Crippen molar-refractivity contribution in [2.75, 3.05) is 5.75 Å². The molecule has 0 unspecified atom stereocenters. The van der Waals surface area contributed by atoms with E-state index in [1.165, 1.54) is 31.0 Å². The summed E-state index contributed by atoms with van der Waals surface area (Å²) in [6.07, 6.45) is 5.79. The summed E-state index contributed by atoms with van der Waals surface area (Å²) < 4.78 is 0. The van der Waals surface area contributed by atoms with E-state index in [0.717, 1.165) is 18.5 Å². The van der Waals surface area contributed by atoms with Crippen LogP contribution < -0.4 is 10.9 Å². The number of rotatable bonds is 4. The fraction of sp³-hybridized carbons (Fsp3) is 0.533. The second kappa shape index (κ2) is 6.56. The minimum absolute atomic E-state index is 0.00453. The summed E-state index contributed by atoms with van der Waals surface area (Å²) in [7, 11) is 0. The maximum absolute atomic E-state index is 12.0. The predicted molar refractivity (Wildman–Crippen MR) is 87.2 cm³/mol. The number of hydrogen-bond acceptors (Lipinski definition) is 4. The van der Waals surface area contributed by atoms with E-state index in [4.69, 9.17) is 0 Å². The van der Waals surface area contributed by atoms with Gasteiger partial charge in [-0.05, 0) is 25.8 Å². The molecule has 1 fully saturated rings. The van der Waals surface area contributed by atoms with Crippen LogP contribution in [-0.2, 0) is 4.79 Å². The van der Waals surface area contributed by atoms with E-state index in [1.54, 1.807) is 0 Å². The van der Waals surface area contributed by atoms with Gasteiger partial charge in [-0.2, -0.15) is 0 Å². The molecular weight excluding hydrogens is 300 g/mol. The molecular formula is C15H20N4O2S. The SMILES string of the molecule is Cc1cc2nc(SCC(=O)NC3CCCCC3)[nH]c(=O)c2[nH]1. The Labute approximate surface area is 132 Å². The first-order valence-corrected chi connectivity index (χ1v) is 8.62. The van der Waals surface area contributed by atoms with Crippen molar-refractivity contribution in [3.05, 3.63) is 22.1 Å². The van der Waals surface area contributed by atoms with Crippen molar-refractivity contribution in [2.45, 2.75) is 50.2 Å². The fourth-order valence-electron chi connectivity index (χ4n) is 2.85. The van der Waals surface area contributed by atoms with Crippen molar-refractivity contribution in [3.63, 3.8) is 0 Å². The smallest absolute Gasteiger partial charge is 0.275 e. The van der Waals surface area contributed by atoms with Gasteiger partial charge < -0.3 is 10.3 Å². The zero-order valence-corrected chi connectivity index (χ0v) is 13.4. The summed E-state index contributed by atoms with van der Waals surface area (Å²) in [5.41, 5.74) is 1.81. The van der Waals surface area contributed by atoms with E-state index in [9.17, 15) is 9.59 Å². The zero-order valence-electron chi connectivity index (χ0n) is 12.6. The highest BCUT2D eigenvalue weighted by atomic mass is 32.2. The van der Waals surface area contributed by atoms with Gasteiger partial charge in [0, 0.05) is 11.7 Å². The van der Waals surface area contributed by atoms with E-state index in [0.29, 0.717) is 22.2 Å². The Bertz CT molecular complexity index is 731. The lowest BCUT2D eigenvalue weighted by Gasteiger charge is -2.22. The molecule has 2 aromatic heterocycles. The van der Waals surface area contributed by atoms with Crippen LogP contribution in [0, 0.1) is 6.92 Å². The number of carbonyl (C=O) groups excluding carboxylic acids is 1. The number of carbonyl (C=O) groups is 1. The molecule has 6 nitrogen and oxygen atoms in total. The number of thioether (sulfide) groups is 1. The average molecular weight is 320 g/mol. The molecule has 2 aromatic rings. The summed E-state index contributed by atoms with van der Waals surface area (Å²) in [5, 5.41) is 3.54. The molecule has 3 N–H and O–H groups in total. The molecule has 1 aliphatic rings. The zero-order chi connectivity index (χ0) is 15.5. The fourth-order valence-corrected chi connectivity index (χ4v) is 3.53. The molecule has 0 aromatic carbocycles. The highest BCUT2D eigenvalue weighted by Gasteiger charge is 2.16. The summed E-state index contributed by atoms with van der Waals surface area (Å²) in [6, 6.07) is 2.14. The largest absolute Gasteiger partial charge is 0.353 e. The van der Waals surface area contributed by atoms with Gasteiger partial charge in [0.25, 0.3) is 5.56 Å². The van der Waals surface area contributed by atoms with Crippen LogP contribution in [0.25, 0.3) is 11.0 Å². The molecule has 0 radical (unpaired) electrons. The van der Waals surface area contributed by atoms with Crippen LogP contribution in [0.15, 0.2) is 16.0 Å². The van der Waals surface area contributed by atoms with E-state index < -0.39 is 0 Å². The lowest BCUT2D eigenvalue weighted by atomic mass is 9.95. The standard InChI is InChI=1S/C15H20N4O2S/c1-9-7-11-13(16-9)14(21)19-15(18-11)22-8-12(20)17-10-5-3-2-4-6-10/h7,10,16H,2-6,8H2,1H3,(H,17,20)(H,18,19,21). The van der Waals surface area contributed by atoms with Crippen LogP contribution in [0.2, 0.25) is 0 Å². The number of aromatic nitrogens is 3. The molecule has 0 spiro atoms. The topological polar surface area (TPSA) is 90.6 Å². The number of fused-ring (bicyclic) bond motifs is 1. The lowest BCUT2D eigenvalue weighted by molar-refractivity contribution is -0.119. The molecule has 1 aliphatic carbocycles. The van der Waals surface area contributed by atoms with E-state index in [-0.39, 0.29) is 17.2 Å². The number of hydrogen-bond donors (Lipinski definition) is 3. The molecule has 2 heterocycles. The van der Waals surface area contributed by atoms with E-state index >= 15 is 0 Å². The van der Waals surface area contributed by atoms with Crippen LogP contribution >= 0.6 is 11.8 Å². The average Bonchev–Trinajstić information content (AvgIpc) is 2.87. The van der Waals surface area contributed by atoms with Gasteiger partial charge in [0.1, 0.15) is 5.52 Å². The summed E-state index contributed by atoms with van der Waals surface area (Å²) in [5.74, 6) is 0.277. The Hall–Kier alpha value is -1.76. The second-order valence-corrected chi connectivity index (χ2v) is 6.74. The molecule has 22 heavy (non-hydrogen) atoms. The Morgan fingerprint density at radius 3 is 2.91 bits per heavy atom. The first-order valence-electron chi connectivity index (χ1n) is 7.63. The first kappa shape index (κ1) is 15.1. The number of amides is 1. The van der Waals surface area contributed by atoms with Gasteiger partial charge in [0.2, 0.25) is 5.91 Å². The van der Waals surface area contributed by atoms with Gasteiger partial charge in [-0.15, -0.1) is 0 Å². The van der Waals surface area contributed by atoms with Crippen molar-refractivity contribution in [3.8, 4) is 0 Å².